The molecule has 86 valence electrons. The zero-order chi connectivity index (χ0) is 12.3. The molecular formula is C12H12N4O. The average molecular weight is 228 g/mol. The van der Waals surface area contributed by atoms with Crippen molar-refractivity contribution in [1.29, 1.82) is 10.5 Å². The molecule has 0 bridgehead atoms. The van der Waals surface area contributed by atoms with E-state index in [1.165, 1.54) is 10.9 Å². The van der Waals surface area contributed by atoms with E-state index in [1.807, 2.05) is 12.1 Å². The first-order chi connectivity index (χ1) is 8.26. The number of nitrogens with zero attached hydrogens (tertiary/aromatic N) is 4. The molecule has 0 amide bonds. The van der Waals surface area contributed by atoms with Crippen LogP contribution in [0.3, 0.4) is 0 Å². The monoisotopic (exact) mass is 228 g/mol. The van der Waals surface area contributed by atoms with Crippen LogP contribution in [0.15, 0.2) is 6.33 Å². The third-order valence-electron chi connectivity index (χ3n) is 3.19. The van der Waals surface area contributed by atoms with Gasteiger partial charge in [0.25, 0.3) is 0 Å². The lowest BCUT2D eigenvalue weighted by molar-refractivity contribution is -0.123. The van der Waals surface area contributed by atoms with Crippen LogP contribution in [0.4, 0.5) is 0 Å². The van der Waals surface area contributed by atoms with Crippen molar-refractivity contribution in [2.24, 2.45) is 5.92 Å². The second kappa shape index (κ2) is 4.80. The SMILES string of the molecule is N#Cc1ncn(CC(=O)C2CCCC2)c1C#N. The zero-order valence-electron chi connectivity index (χ0n) is 9.39. The highest BCUT2D eigenvalue weighted by molar-refractivity contribution is 5.81. The van der Waals surface area contributed by atoms with E-state index in [9.17, 15) is 4.79 Å². The van der Waals surface area contributed by atoms with Crippen molar-refractivity contribution >= 4 is 5.78 Å². The summed E-state index contributed by atoms with van der Waals surface area (Å²) in [5.74, 6) is 0.260. The Labute approximate surface area is 99.3 Å². The van der Waals surface area contributed by atoms with Gasteiger partial charge in [0.05, 0.1) is 12.9 Å². The minimum atomic E-state index is 0.0896. The van der Waals surface area contributed by atoms with Crippen LogP contribution >= 0.6 is 0 Å². The van der Waals surface area contributed by atoms with Crippen LogP contribution in [0.5, 0.6) is 0 Å². The Kier molecular flexibility index (Phi) is 3.20. The van der Waals surface area contributed by atoms with Gasteiger partial charge >= 0.3 is 0 Å². The van der Waals surface area contributed by atoms with Gasteiger partial charge in [0.2, 0.25) is 0 Å². The molecule has 17 heavy (non-hydrogen) atoms. The molecule has 0 unspecified atom stereocenters. The summed E-state index contributed by atoms with van der Waals surface area (Å²) in [6, 6.07) is 3.76. The van der Waals surface area contributed by atoms with Gasteiger partial charge in [-0.25, -0.2) is 4.98 Å². The summed E-state index contributed by atoms with van der Waals surface area (Å²) in [5, 5.41) is 17.7. The molecule has 1 fully saturated rings. The molecule has 1 aromatic rings. The molecule has 1 aliphatic rings. The summed E-state index contributed by atoms with van der Waals surface area (Å²) >= 11 is 0. The van der Waals surface area contributed by atoms with E-state index in [1.54, 1.807) is 0 Å². The van der Waals surface area contributed by atoms with Crippen LogP contribution in [0.1, 0.15) is 37.1 Å². The molecule has 2 rings (SSSR count). The minimum Gasteiger partial charge on any atom is -0.314 e. The van der Waals surface area contributed by atoms with E-state index in [4.69, 9.17) is 10.5 Å². The largest absolute Gasteiger partial charge is 0.314 e. The second-order valence-corrected chi connectivity index (χ2v) is 4.24. The van der Waals surface area contributed by atoms with E-state index in [-0.39, 0.29) is 29.6 Å². The molecule has 1 aliphatic carbocycles. The van der Waals surface area contributed by atoms with Crippen LogP contribution in [0.2, 0.25) is 0 Å². The number of nitriles is 2. The van der Waals surface area contributed by atoms with Gasteiger partial charge in [-0.15, -0.1) is 0 Å². The Morgan fingerprint density at radius 3 is 2.71 bits per heavy atom. The zero-order valence-corrected chi connectivity index (χ0v) is 9.39. The third-order valence-corrected chi connectivity index (χ3v) is 3.19. The molecule has 0 spiro atoms. The van der Waals surface area contributed by atoms with Gasteiger partial charge in [0.1, 0.15) is 12.1 Å². The number of hydrogen-bond acceptors (Lipinski definition) is 4. The van der Waals surface area contributed by atoms with Crippen molar-refractivity contribution in [3.05, 3.63) is 17.7 Å². The summed E-state index contributed by atoms with van der Waals surface area (Å²) in [6.07, 6.45) is 5.49. The van der Waals surface area contributed by atoms with Gasteiger partial charge in [-0.3, -0.25) is 4.79 Å². The summed E-state index contributed by atoms with van der Waals surface area (Å²) < 4.78 is 1.47. The van der Waals surface area contributed by atoms with Crippen LogP contribution in [-0.4, -0.2) is 15.3 Å². The second-order valence-electron chi connectivity index (χ2n) is 4.24. The standard InChI is InChI=1S/C12H12N4O/c13-5-10-11(6-14)16(8-15-10)7-12(17)9-3-1-2-4-9/h8-9H,1-4,7H2. The molecule has 0 radical (unpaired) electrons. The molecule has 5 nitrogen and oxygen atoms in total. The lowest BCUT2D eigenvalue weighted by Crippen LogP contribution is -2.18. The van der Waals surface area contributed by atoms with Gasteiger partial charge < -0.3 is 4.57 Å². The van der Waals surface area contributed by atoms with E-state index in [2.05, 4.69) is 4.98 Å². The predicted molar refractivity (Wildman–Crippen MR) is 58.6 cm³/mol. The van der Waals surface area contributed by atoms with Crippen molar-refractivity contribution in [3.63, 3.8) is 0 Å². The van der Waals surface area contributed by atoms with Crippen molar-refractivity contribution < 1.29 is 4.79 Å². The van der Waals surface area contributed by atoms with Gasteiger partial charge in [0.15, 0.2) is 17.2 Å². The normalized spacial score (nSPS) is 15.4. The Morgan fingerprint density at radius 2 is 2.12 bits per heavy atom. The molecule has 0 atom stereocenters. The topological polar surface area (TPSA) is 82.5 Å². The highest BCUT2D eigenvalue weighted by Crippen LogP contribution is 2.26. The van der Waals surface area contributed by atoms with Gasteiger partial charge in [-0.2, -0.15) is 10.5 Å². The van der Waals surface area contributed by atoms with E-state index in [0.29, 0.717) is 0 Å². The number of hydrogen-bond donors (Lipinski definition) is 0. The summed E-state index contributed by atoms with van der Waals surface area (Å²) in [7, 11) is 0. The lowest BCUT2D eigenvalue weighted by Gasteiger charge is -2.08. The number of ketones is 1. The molecule has 0 aromatic carbocycles. The minimum absolute atomic E-state index is 0.0896. The lowest BCUT2D eigenvalue weighted by atomic mass is 10.0. The number of carbonyl (C=O) groups excluding carboxylic acids is 1. The van der Waals surface area contributed by atoms with Crippen LogP contribution in [0, 0.1) is 28.6 Å². The number of Topliss-reactive ketones (excluding diaryl/α,β-unsaturated/α-hetero) is 1. The smallest absolute Gasteiger partial charge is 0.176 e. The highest BCUT2D eigenvalue weighted by Gasteiger charge is 2.23. The fourth-order valence-electron chi connectivity index (χ4n) is 2.25. The first-order valence-corrected chi connectivity index (χ1v) is 5.64. The van der Waals surface area contributed by atoms with E-state index < -0.39 is 0 Å². The Balaban J connectivity index is 2.14. The van der Waals surface area contributed by atoms with Gasteiger partial charge in [0, 0.05) is 5.92 Å². The average Bonchev–Trinajstić information content (AvgIpc) is 2.97. The Hall–Kier alpha value is -2.14. The molecule has 1 heterocycles. The fraction of sp³-hybridized carbons (Fsp3) is 0.500. The number of imidazole rings is 1. The predicted octanol–water partition coefficient (Wildman–Crippen LogP) is 1.39. The molecular weight excluding hydrogens is 216 g/mol. The first-order valence-electron chi connectivity index (χ1n) is 5.64. The van der Waals surface area contributed by atoms with Crippen molar-refractivity contribution in [3.8, 4) is 12.1 Å². The molecule has 0 aliphatic heterocycles. The van der Waals surface area contributed by atoms with Crippen molar-refractivity contribution in [1.82, 2.24) is 9.55 Å². The summed E-state index contributed by atoms with van der Waals surface area (Å²) in [5.41, 5.74) is 0.269. The van der Waals surface area contributed by atoms with E-state index >= 15 is 0 Å². The van der Waals surface area contributed by atoms with Crippen molar-refractivity contribution in [2.75, 3.05) is 0 Å². The number of carbonyl (C=O) groups is 1. The number of rotatable bonds is 3. The first kappa shape index (κ1) is 11.3. The van der Waals surface area contributed by atoms with Crippen LogP contribution in [0.25, 0.3) is 0 Å². The highest BCUT2D eigenvalue weighted by atomic mass is 16.1. The molecule has 5 heteroatoms. The Morgan fingerprint density at radius 1 is 1.41 bits per heavy atom. The molecule has 1 saturated carbocycles. The fourth-order valence-corrected chi connectivity index (χ4v) is 2.25. The van der Waals surface area contributed by atoms with E-state index in [0.717, 1.165) is 25.7 Å². The summed E-state index contributed by atoms with van der Waals surface area (Å²) in [6.45, 7) is 0.155. The molecule has 0 saturated heterocycles. The van der Waals surface area contributed by atoms with Crippen molar-refractivity contribution in [2.45, 2.75) is 32.2 Å². The maximum atomic E-state index is 11.9. The maximum absolute atomic E-state index is 11.9. The van der Waals surface area contributed by atoms with Crippen LogP contribution < -0.4 is 0 Å². The summed E-state index contributed by atoms with van der Waals surface area (Å²) in [4.78, 5) is 15.8. The maximum Gasteiger partial charge on any atom is 0.176 e. The van der Waals surface area contributed by atoms with Gasteiger partial charge in [-0.1, -0.05) is 12.8 Å². The number of aromatic nitrogens is 2. The van der Waals surface area contributed by atoms with Gasteiger partial charge in [-0.05, 0) is 12.8 Å². The molecule has 1 aromatic heterocycles. The quantitative estimate of drug-likeness (QED) is 0.782. The van der Waals surface area contributed by atoms with Crippen LogP contribution in [-0.2, 0) is 11.3 Å². The Bertz CT molecular complexity index is 512. The molecule has 0 N–H and O–H groups in total. The third kappa shape index (κ3) is 2.19.